The van der Waals surface area contributed by atoms with Crippen molar-refractivity contribution in [2.24, 2.45) is 11.8 Å². The zero-order valence-electron chi connectivity index (χ0n) is 23.0. The number of ether oxygens (including phenoxy) is 2. The molecule has 2 aromatic carbocycles. The van der Waals surface area contributed by atoms with E-state index in [2.05, 4.69) is 26.5 Å². The Hall–Kier alpha value is -4.18. The topological polar surface area (TPSA) is 129 Å². The number of nitriles is 1. The van der Waals surface area contributed by atoms with E-state index in [0.717, 1.165) is 12.8 Å². The molecular weight excluding hydrogens is 585 g/mol. The van der Waals surface area contributed by atoms with Gasteiger partial charge in [-0.3, -0.25) is 5.84 Å². The fraction of sp³-hybridized carbons (Fsp3) is 0.333. The van der Waals surface area contributed by atoms with E-state index in [9.17, 15) is 23.5 Å². The Morgan fingerprint density at radius 2 is 1.91 bits per heavy atom. The van der Waals surface area contributed by atoms with Crippen LogP contribution in [0.25, 0.3) is 0 Å². The molecule has 0 bridgehead atoms. The Labute approximate surface area is 251 Å². The number of alkyl halides is 3. The van der Waals surface area contributed by atoms with Crippen LogP contribution in [0.4, 0.5) is 24.7 Å². The number of aliphatic hydroxyl groups is 1. The molecule has 2 aliphatic rings. The Balaban J connectivity index is 1.29. The maximum absolute atomic E-state index is 13.0. The van der Waals surface area contributed by atoms with E-state index in [1.54, 1.807) is 42.6 Å². The number of halogens is 4. The number of hydrogen-bond acceptors (Lipinski definition) is 9. The van der Waals surface area contributed by atoms with Crippen molar-refractivity contribution in [3.05, 3.63) is 88.3 Å². The lowest BCUT2D eigenvalue weighted by atomic mass is 9.84. The van der Waals surface area contributed by atoms with E-state index in [-0.39, 0.29) is 24.0 Å². The Morgan fingerprint density at radius 1 is 1.16 bits per heavy atom. The summed E-state index contributed by atoms with van der Waals surface area (Å²) in [5.74, 6) is 6.61. The van der Waals surface area contributed by atoms with E-state index in [4.69, 9.17) is 22.2 Å². The number of aromatic nitrogens is 1. The van der Waals surface area contributed by atoms with Gasteiger partial charge >= 0.3 is 6.36 Å². The molecule has 9 nitrogen and oxygen atoms in total. The minimum Gasteiger partial charge on any atom is -0.487 e. The molecule has 1 saturated heterocycles. The molecule has 0 atom stereocenters. The molecule has 0 radical (unpaired) electrons. The number of nitrogens with zero attached hydrogens (tertiary/aromatic N) is 3. The highest BCUT2D eigenvalue weighted by Crippen LogP contribution is 2.40. The van der Waals surface area contributed by atoms with Gasteiger partial charge in [-0.05, 0) is 62.1 Å². The Bertz CT molecular complexity index is 1530. The number of allylic oxidation sites excluding steroid dienone is 1. The van der Waals surface area contributed by atoms with Crippen LogP contribution < -0.4 is 31.0 Å². The van der Waals surface area contributed by atoms with Crippen molar-refractivity contribution in [2.45, 2.75) is 37.6 Å². The van der Waals surface area contributed by atoms with Crippen LogP contribution in [0.15, 0.2) is 72.2 Å². The molecule has 0 spiro atoms. The molecule has 226 valence electrons. The third-order valence-electron chi connectivity index (χ3n) is 7.48. The van der Waals surface area contributed by atoms with Gasteiger partial charge < -0.3 is 30.2 Å². The second-order valence-electron chi connectivity index (χ2n) is 10.4. The summed E-state index contributed by atoms with van der Waals surface area (Å²) < 4.78 is 49.1. The molecule has 0 unspecified atom stereocenters. The maximum Gasteiger partial charge on any atom is 0.573 e. The van der Waals surface area contributed by atoms with Gasteiger partial charge in [0, 0.05) is 30.8 Å². The van der Waals surface area contributed by atoms with Gasteiger partial charge in [0.15, 0.2) is 5.75 Å². The highest BCUT2D eigenvalue weighted by Gasteiger charge is 2.36. The number of hydrazine groups is 1. The van der Waals surface area contributed by atoms with Crippen molar-refractivity contribution in [1.29, 1.82) is 5.26 Å². The first-order valence-corrected chi connectivity index (χ1v) is 14.0. The summed E-state index contributed by atoms with van der Waals surface area (Å²) in [5.41, 5.74) is 3.75. The van der Waals surface area contributed by atoms with E-state index in [0.29, 0.717) is 65.0 Å². The molecule has 1 aliphatic carbocycles. The van der Waals surface area contributed by atoms with Gasteiger partial charge in [-0.15, -0.1) is 13.2 Å². The zero-order valence-corrected chi connectivity index (χ0v) is 23.8. The summed E-state index contributed by atoms with van der Waals surface area (Å²) in [6, 6.07) is 16.2. The molecule has 1 saturated carbocycles. The van der Waals surface area contributed by atoms with Gasteiger partial charge in [0.2, 0.25) is 0 Å². The van der Waals surface area contributed by atoms with Crippen molar-refractivity contribution < 1.29 is 27.8 Å². The number of nitrogens with two attached hydrogens (primary N) is 1. The maximum atomic E-state index is 13.0. The van der Waals surface area contributed by atoms with Gasteiger partial charge in [-0.25, -0.2) is 4.98 Å². The van der Waals surface area contributed by atoms with Gasteiger partial charge in [-0.2, -0.15) is 5.26 Å². The smallest absolute Gasteiger partial charge is 0.487 e. The average molecular weight is 615 g/mol. The number of benzene rings is 2. The standard InChI is InChI=1S/C30H30ClF3N6O3/c31-23-16-21(7-8-22(23)29(41)10-13-40(14-11-29)27-15-19(17-35)9-12-37-27)42-18-25(28(39-36)20-5-6-20)38-24-3-1-2-4-26(24)43-30(32,33)34/h1-4,7-9,12,15-16,20,38-39,41H,5-6,10-11,13-14,18,36H2/b28-25-. The Morgan fingerprint density at radius 3 is 2.56 bits per heavy atom. The summed E-state index contributed by atoms with van der Waals surface area (Å²) in [4.78, 5) is 6.36. The summed E-state index contributed by atoms with van der Waals surface area (Å²) >= 11 is 6.64. The van der Waals surface area contributed by atoms with Crippen molar-refractivity contribution in [3.63, 3.8) is 0 Å². The first-order chi connectivity index (χ1) is 20.6. The highest BCUT2D eigenvalue weighted by atomic mass is 35.5. The molecular formula is C30H30ClF3N6O3. The number of pyridine rings is 1. The molecule has 5 rings (SSSR count). The van der Waals surface area contributed by atoms with E-state index < -0.39 is 12.0 Å². The Kier molecular flexibility index (Phi) is 8.87. The van der Waals surface area contributed by atoms with Crippen LogP contribution in [0, 0.1) is 17.2 Å². The van der Waals surface area contributed by atoms with Gasteiger partial charge in [-0.1, -0.05) is 29.8 Å². The number of para-hydroxylation sites is 2. The van der Waals surface area contributed by atoms with E-state index >= 15 is 0 Å². The molecule has 13 heteroatoms. The van der Waals surface area contributed by atoms with Crippen LogP contribution in [0.5, 0.6) is 11.5 Å². The minimum absolute atomic E-state index is 0.0555. The average Bonchev–Trinajstić information content (AvgIpc) is 3.82. The van der Waals surface area contributed by atoms with Gasteiger partial charge in [0.1, 0.15) is 18.2 Å². The molecule has 0 amide bonds. The summed E-state index contributed by atoms with van der Waals surface area (Å²) in [6.07, 6.45) is -0.721. The predicted molar refractivity (Wildman–Crippen MR) is 155 cm³/mol. The molecule has 2 heterocycles. The molecule has 43 heavy (non-hydrogen) atoms. The molecule has 3 aromatic rings. The van der Waals surface area contributed by atoms with E-state index in [1.807, 2.05) is 4.90 Å². The minimum atomic E-state index is -4.86. The fourth-order valence-corrected chi connectivity index (χ4v) is 5.45. The monoisotopic (exact) mass is 614 g/mol. The van der Waals surface area contributed by atoms with Crippen molar-refractivity contribution in [1.82, 2.24) is 10.4 Å². The number of piperidine rings is 1. The number of hydrogen-bond donors (Lipinski definition) is 4. The van der Waals surface area contributed by atoms with Crippen molar-refractivity contribution in [2.75, 3.05) is 29.9 Å². The summed E-state index contributed by atoms with van der Waals surface area (Å²) in [7, 11) is 0. The number of anilines is 2. The third kappa shape index (κ3) is 7.43. The SMILES string of the molecule is N#Cc1ccnc(N2CCC(O)(c3ccc(OC/C(Nc4ccccc4OC(F)(F)F)=C(/NN)C4CC4)cc3Cl)CC2)c1. The van der Waals surface area contributed by atoms with Crippen LogP contribution in [0.3, 0.4) is 0 Å². The molecule has 1 aromatic heterocycles. The molecule has 2 fully saturated rings. The zero-order chi connectivity index (χ0) is 30.6. The second-order valence-corrected chi connectivity index (χ2v) is 10.9. The van der Waals surface area contributed by atoms with Gasteiger partial charge in [0.25, 0.3) is 0 Å². The first kappa shape index (κ1) is 30.3. The van der Waals surface area contributed by atoms with Crippen LogP contribution in [-0.4, -0.2) is 36.1 Å². The molecule has 1 aliphatic heterocycles. The van der Waals surface area contributed by atoms with Crippen molar-refractivity contribution >= 4 is 23.1 Å². The number of rotatable bonds is 10. The van der Waals surface area contributed by atoms with Crippen LogP contribution >= 0.6 is 11.6 Å². The normalized spacial score (nSPS) is 17.0. The number of nitrogens with one attached hydrogen (secondary N) is 2. The van der Waals surface area contributed by atoms with E-state index in [1.165, 1.54) is 18.2 Å². The van der Waals surface area contributed by atoms with Crippen LogP contribution in [0.2, 0.25) is 5.02 Å². The predicted octanol–water partition coefficient (Wildman–Crippen LogP) is 5.57. The summed E-state index contributed by atoms with van der Waals surface area (Å²) in [6.45, 7) is 0.977. The van der Waals surface area contributed by atoms with Crippen LogP contribution in [0.1, 0.15) is 36.8 Å². The first-order valence-electron chi connectivity index (χ1n) is 13.7. The summed E-state index contributed by atoms with van der Waals surface area (Å²) in [5, 5.41) is 24.0. The highest BCUT2D eigenvalue weighted by molar-refractivity contribution is 6.31. The lowest BCUT2D eigenvalue weighted by Gasteiger charge is -2.39. The van der Waals surface area contributed by atoms with Crippen LogP contribution in [-0.2, 0) is 5.60 Å². The lowest BCUT2D eigenvalue weighted by Crippen LogP contribution is -2.43. The quantitative estimate of drug-likeness (QED) is 0.171. The fourth-order valence-electron chi connectivity index (χ4n) is 5.11. The van der Waals surface area contributed by atoms with Gasteiger partial charge in [0.05, 0.1) is 39.3 Å². The largest absolute Gasteiger partial charge is 0.573 e. The lowest BCUT2D eigenvalue weighted by molar-refractivity contribution is -0.274. The van der Waals surface area contributed by atoms with Crippen molar-refractivity contribution in [3.8, 4) is 17.6 Å². The third-order valence-corrected chi connectivity index (χ3v) is 7.79. The molecule has 5 N–H and O–H groups in total. The second kappa shape index (κ2) is 12.6.